The Morgan fingerprint density at radius 2 is 1.85 bits per heavy atom. The largest absolute Gasteiger partial charge is 0.465 e. The van der Waals surface area contributed by atoms with E-state index in [1.165, 1.54) is 0 Å². The molecule has 3 fully saturated rings. The van der Waals surface area contributed by atoms with Crippen LogP contribution in [0.25, 0.3) is 0 Å². The molecular weight excluding hydrogens is 576 g/mol. The van der Waals surface area contributed by atoms with Crippen molar-refractivity contribution in [3.63, 3.8) is 0 Å². The summed E-state index contributed by atoms with van der Waals surface area (Å²) in [4.78, 5) is 45.6. The zero-order chi connectivity index (χ0) is 29.9. The first-order valence-electron chi connectivity index (χ1n) is 14.7. The van der Waals surface area contributed by atoms with Crippen molar-refractivity contribution in [3.8, 4) is 0 Å². The van der Waals surface area contributed by atoms with Gasteiger partial charge < -0.3 is 24.4 Å². The van der Waals surface area contributed by atoms with Crippen molar-refractivity contribution in [1.82, 2.24) is 9.80 Å². The molecule has 226 valence electrons. The summed E-state index contributed by atoms with van der Waals surface area (Å²) in [7, 11) is 0. The highest BCUT2D eigenvalue weighted by molar-refractivity contribution is 9.09. The van der Waals surface area contributed by atoms with Gasteiger partial charge in [-0.15, -0.1) is 13.2 Å². The molecule has 3 heterocycles. The van der Waals surface area contributed by atoms with Crippen LogP contribution in [0.1, 0.15) is 79.6 Å². The molecule has 3 saturated heterocycles. The Labute approximate surface area is 248 Å². The van der Waals surface area contributed by atoms with Crippen LogP contribution in [0.3, 0.4) is 0 Å². The number of nitrogens with zero attached hydrogens (tertiary/aromatic N) is 2. The van der Waals surface area contributed by atoms with Crippen LogP contribution in [0.15, 0.2) is 25.3 Å². The Balaban J connectivity index is 2.02. The highest BCUT2D eigenvalue weighted by Crippen LogP contribution is 2.60. The number of rotatable bonds is 15. The summed E-state index contributed by atoms with van der Waals surface area (Å²) in [5.41, 5.74) is -1.66. The van der Waals surface area contributed by atoms with Crippen LogP contribution in [-0.4, -0.2) is 87.1 Å². The van der Waals surface area contributed by atoms with Crippen molar-refractivity contribution < 1.29 is 29.0 Å². The molecule has 3 unspecified atom stereocenters. The number of fused-ring (bicyclic) bond motifs is 1. The smallest absolute Gasteiger partial charge is 0.312 e. The summed E-state index contributed by atoms with van der Waals surface area (Å²) in [6.45, 7) is 19.2. The predicted octanol–water partition coefficient (Wildman–Crippen LogP) is 4.64. The third-order valence-corrected chi connectivity index (χ3v) is 9.28. The van der Waals surface area contributed by atoms with E-state index in [1.54, 1.807) is 17.1 Å². The van der Waals surface area contributed by atoms with Crippen LogP contribution < -0.4 is 0 Å². The number of likely N-dealkylation sites (tertiary alicyclic amines) is 1. The molecule has 9 heteroatoms. The first-order chi connectivity index (χ1) is 18.8. The van der Waals surface area contributed by atoms with Gasteiger partial charge in [-0.1, -0.05) is 61.7 Å². The molecule has 1 spiro atoms. The minimum absolute atomic E-state index is 0.0362. The highest BCUT2D eigenvalue weighted by Gasteiger charge is 2.77. The van der Waals surface area contributed by atoms with Crippen molar-refractivity contribution in [3.05, 3.63) is 25.3 Å². The van der Waals surface area contributed by atoms with Crippen LogP contribution >= 0.6 is 15.9 Å². The topological polar surface area (TPSA) is 96.4 Å². The van der Waals surface area contributed by atoms with Crippen molar-refractivity contribution in [2.45, 2.75) is 108 Å². The molecule has 0 aromatic heterocycles. The number of unbranched alkanes of at least 4 members (excludes halogenated alkanes) is 3. The molecule has 0 radical (unpaired) electrons. The van der Waals surface area contributed by atoms with Gasteiger partial charge in [-0.3, -0.25) is 14.4 Å². The molecule has 1 N–H and O–H groups in total. The van der Waals surface area contributed by atoms with Crippen molar-refractivity contribution in [2.75, 3.05) is 26.3 Å². The van der Waals surface area contributed by atoms with E-state index in [1.807, 2.05) is 4.90 Å². The molecule has 0 saturated carbocycles. The van der Waals surface area contributed by atoms with E-state index in [-0.39, 0.29) is 35.3 Å². The molecule has 0 aromatic carbocycles. The second kappa shape index (κ2) is 13.1. The maximum Gasteiger partial charge on any atom is 0.312 e. The third-order valence-electron chi connectivity index (χ3n) is 8.44. The fourth-order valence-electron chi connectivity index (χ4n) is 7.31. The van der Waals surface area contributed by atoms with E-state index in [9.17, 15) is 19.5 Å². The van der Waals surface area contributed by atoms with Gasteiger partial charge >= 0.3 is 5.97 Å². The first-order valence-corrected chi connectivity index (χ1v) is 15.6. The number of hydrogen-bond donors (Lipinski definition) is 1. The molecule has 0 aliphatic carbocycles. The molecule has 0 aromatic rings. The summed E-state index contributed by atoms with van der Waals surface area (Å²) in [5.74, 6) is -2.38. The lowest BCUT2D eigenvalue weighted by atomic mass is 9.70. The van der Waals surface area contributed by atoms with Gasteiger partial charge in [-0.25, -0.2) is 0 Å². The number of amides is 2. The van der Waals surface area contributed by atoms with E-state index in [2.05, 4.69) is 63.7 Å². The van der Waals surface area contributed by atoms with Gasteiger partial charge in [0, 0.05) is 30.1 Å². The number of hydrogen-bond acceptors (Lipinski definition) is 6. The van der Waals surface area contributed by atoms with E-state index in [0.29, 0.717) is 38.8 Å². The molecule has 40 heavy (non-hydrogen) atoms. The first kappa shape index (κ1) is 32.8. The Hall–Kier alpha value is -1.71. The van der Waals surface area contributed by atoms with Gasteiger partial charge in [-0.2, -0.15) is 0 Å². The monoisotopic (exact) mass is 624 g/mol. The van der Waals surface area contributed by atoms with Crippen LogP contribution in [0.2, 0.25) is 0 Å². The number of aliphatic hydroxyl groups is 1. The number of carbonyl (C=O) groups is 3. The highest BCUT2D eigenvalue weighted by atomic mass is 79.9. The molecule has 2 bridgehead atoms. The molecule has 3 rings (SSSR count). The minimum atomic E-state index is -1.11. The van der Waals surface area contributed by atoms with Crippen LogP contribution in [-0.2, 0) is 23.9 Å². The van der Waals surface area contributed by atoms with Gasteiger partial charge in [0.25, 0.3) is 0 Å². The standard InChI is InChI=1S/C31H49BrN2O6/c1-8-10-18-39-28(38)22-23-26(36)33(16-13-11-12-14-17-35)25(31(23)19-21(32)24(22)40-31)27(37)34(15-9-2)30(6,7)20-29(3,4)5/h8-9,21-25,35H,1-2,10-20H2,3-7H3/t21?,22-,23+,24-,25?,31?/m1/s1. The van der Waals surface area contributed by atoms with E-state index in [4.69, 9.17) is 9.47 Å². The van der Waals surface area contributed by atoms with Crippen LogP contribution in [0, 0.1) is 17.3 Å². The average Bonchev–Trinajstić information content (AvgIpc) is 3.44. The zero-order valence-corrected chi connectivity index (χ0v) is 26.6. The number of carbonyl (C=O) groups excluding carboxylic acids is 3. The van der Waals surface area contributed by atoms with Gasteiger partial charge in [-0.05, 0) is 51.4 Å². The fourth-order valence-corrected chi connectivity index (χ4v) is 8.25. The Morgan fingerprint density at radius 3 is 2.45 bits per heavy atom. The summed E-state index contributed by atoms with van der Waals surface area (Å²) in [6, 6.07) is -0.849. The van der Waals surface area contributed by atoms with Gasteiger partial charge in [0.15, 0.2) is 0 Å². The number of aliphatic hydroxyl groups excluding tert-OH is 1. The van der Waals surface area contributed by atoms with Crippen molar-refractivity contribution in [1.29, 1.82) is 0 Å². The summed E-state index contributed by atoms with van der Waals surface area (Å²) >= 11 is 3.72. The third kappa shape index (κ3) is 6.51. The lowest BCUT2D eigenvalue weighted by molar-refractivity contribution is -0.156. The molecule has 2 amide bonds. The number of halogens is 1. The van der Waals surface area contributed by atoms with Crippen molar-refractivity contribution in [2.24, 2.45) is 17.3 Å². The zero-order valence-electron chi connectivity index (χ0n) is 25.0. The van der Waals surface area contributed by atoms with Gasteiger partial charge in [0.1, 0.15) is 11.6 Å². The maximum absolute atomic E-state index is 14.7. The lowest BCUT2D eigenvalue weighted by Gasteiger charge is -2.45. The molecule has 3 aliphatic rings. The number of alkyl halides is 1. The lowest BCUT2D eigenvalue weighted by Crippen LogP contribution is -2.61. The molecule has 6 atom stereocenters. The Kier molecular flexibility index (Phi) is 10.7. The van der Waals surface area contributed by atoms with Crippen LogP contribution in [0.4, 0.5) is 0 Å². The van der Waals surface area contributed by atoms with Crippen molar-refractivity contribution >= 4 is 33.7 Å². The molecule has 3 aliphatic heterocycles. The summed E-state index contributed by atoms with van der Waals surface area (Å²) < 4.78 is 12.2. The van der Waals surface area contributed by atoms with Gasteiger partial charge in [0.2, 0.25) is 11.8 Å². The maximum atomic E-state index is 14.7. The number of esters is 1. The normalized spacial score (nSPS) is 29.4. The Morgan fingerprint density at radius 1 is 1.18 bits per heavy atom. The van der Waals surface area contributed by atoms with Crippen LogP contribution in [0.5, 0.6) is 0 Å². The predicted molar refractivity (Wildman–Crippen MR) is 159 cm³/mol. The minimum Gasteiger partial charge on any atom is -0.465 e. The summed E-state index contributed by atoms with van der Waals surface area (Å²) in [5, 5.41) is 9.17. The van der Waals surface area contributed by atoms with E-state index in [0.717, 1.165) is 19.3 Å². The van der Waals surface area contributed by atoms with E-state index < -0.39 is 41.1 Å². The second-order valence-electron chi connectivity index (χ2n) is 13.4. The Bertz CT molecular complexity index is 962. The second-order valence-corrected chi connectivity index (χ2v) is 14.5. The number of ether oxygens (including phenoxy) is 2. The average molecular weight is 626 g/mol. The quantitative estimate of drug-likeness (QED) is 0.123. The molecular formula is C31H49BrN2O6. The summed E-state index contributed by atoms with van der Waals surface area (Å²) in [6.07, 6.45) is 7.67. The molecule has 8 nitrogen and oxygen atoms in total. The fraction of sp³-hybridized carbons (Fsp3) is 0.774. The van der Waals surface area contributed by atoms with Gasteiger partial charge in [0.05, 0.1) is 24.5 Å². The SMILES string of the molecule is C=CCCOC(=O)[C@H]1[C@@H]2OC3(CC2Br)C(C(=O)N(CC=C)C(C)(C)CC(C)(C)C)N(CCCCCCO)C(=O)[C@H]13. The van der Waals surface area contributed by atoms with E-state index >= 15 is 0 Å².